The first-order valence-corrected chi connectivity index (χ1v) is 4.79. The van der Waals surface area contributed by atoms with Crippen LogP contribution in [0.3, 0.4) is 0 Å². The van der Waals surface area contributed by atoms with E-state index in [2.05, 4.69) is 10.3 Å². The van der Waals surface area contributed by atoms with Gasteiger partial charge in [0, 0.05) is 6.54 Å². The number of rotatable bonds is 3. The summed E-state index contributed by atoms with van der Waals surface area (Å²) in [5, 5.41) is 2.67. The average Bonchev–Trinajstić information content (AvgIpc) is 3.02. The molecule has 1 heterocycles. The van der Waals surface area contributed by atoms with Gasteiger partial charge in [-0.05, 0) is 25.0 Å². The molecule has 1 aromatic heterocycles. The maximum atomic E-state index is 12.5. The van der Waals surface area contributed by atoms with E-state index in [1.807, 2.05) is 0 Å². The fourth-order valence-electron chi connectivity index (χ4n) is 1.39. The van der Waals surface area contributed by atoms with Crippen molar-refractivity contribution in [2.24, 2.45) is 11.1 Å². The third-order valence-corrected chi connectivity index (χ3v) is 2.71. The fourth-order valence-corrected chi connectivity index (χ4v) is 1.39. The van der Waals surface area contributed by atoms with Crippen LogP contribution in [0.2, 0.25) is 0 Å². The number of halogens is 1. The zero-order chi connectivity index (χ0) is 10.9. The van der Waals surface area contributed by atoms with E-state index in [1.165, 1.54) is 18.3 Å². The molecule has 1 fully saturated rings. The quantitative estimate of drug-likeness (QED) is 0.727. The van der Waals surface area contributed by atoms with Gasteiger partial charge in [-0.1, -0.05) is 0 Å². The molecule has 80 valence electrons. The smallest absolute Gasteiger partial charge is 0.231 e. The Bertz CT molecular complexity index is 373. The van der Waals surface area contributed by atoms with Crippen molar-refractivity contribution < 1.29 is 9.18 Å². The van der Waals surface area contributed by atoms with Crippen LogP contribution in [0.5, 0.6) is 0 Å². The van der Waals surface area contributed by atoms with Gasteiger partial charge in [-0.15, -0.1) is 0 Å². The Hall–Kier alpha value is -1.49. The molecule has 1 aliphatic carbocycles. The highest BCUT2D eigenvalue weighted by atomic mass is 19.1. The number of nitrogens with one attached hydrogen (secondary N) is 1. The van der Waals surface area contributed by atoms with Crippen molar-refractivity contribution in [3.63, 3.8) is 0 Å². The van der Waals surface area contributed by atoms with Gasteiger partial charge in [0.05, 0.1) is 17.3 Å². The Labute approximate surface area is 86.7 Å². The van der Waals surface area contributed by atoms with Crippen LogP contribution in [0.1, 0.15) is 12.8 Å². The van der Waals surface area contributed by atoms with E-state index in [0.717, 1.165) is 12.8 Å². The van der Waals surface area contributed by atoms with Crippen molar-refractivity contribution in [2.45, 2.75) is 12.8 Å². The van der Waals surface area contributed by atoms with Gasteiger partial charge in [0.2, 0.25) is 11.9 Å². The molecular formula is C10H12FN3O. The minimum absolute atomic E-state index is 0.0987. The number of amides is 1. The number of pyridine rings is 1. The molecule has 0 unspecified atom stereocenters. The SMILES string of the molecule is NCC1(C(=O)Nc2ccc(F)nc2)CC1. The van der Waals surface area contributed by atoms with E-state index >= 15 is 0 Å². The molecule has 15 heavy (non-hydrogen) atoms. The second-order valence-corrected chi connectivity index (χ2v) is 3.81. The van der Waals surface area contributed by atoms with Crippen LogP contribution in [-0.2, 0) is 4.79 Å². The van der Waals surface area contributed by atoms with Gasteiger partial charge in [0.1, 0.15) is 0 Å². The topological polar surface area (TPSA) is 68.0 Å². The summed E-state index contributed by atoms with van der Waals surface area (Å²) >= 11 is 0. The fraction of sp³-hybridized carbons (Fsp3) is 0.400. The van der Waals surface area contributed by atoms with Gasteiger partial charge in [0.25, 0.3) is 0 Å². The number of nitrogens with two attached hydrogens (primary N) is 1. The van der Waals surface area contributed by atoms with Gasteiger partial charge < -0.3 is 11.1 Å². The maximum Gasteiger partial charge on any atom is 0.231 e. The van der Waals surface area contributed by atoms with Crippen LogP contribution in [0, 0.1) is 11.4 Å². The molecule has 2 rings (SSSR count). The van der Waals surface area contributed by atoms with Crippen LogP contribution >= 0.6 is 0 Å². The van der Waals surface area contributed by atoms with Crippen molar-refractivity contribution in [3.8, 4) is 0 Å². The summed E-state index contributed by atoms with van der Waals surface area (Å²) in [7, 11) is 0. The van der Waals surface area contributed by atoms with Crippen molar-refractivity contribution in [2.75, 3.05) is 11.9 Å². The van der Waals surface area contributed by atoms with Crippen molar-refractivity contribution in [1.82, 2.24) is 4.98 Å². The monoisotopic (exact) mass is 209 g/mol. The molecule has 4 nitrogen and oxygen atoms in total. The molecule has 1 amide bonds. The van der Waals surface area contributed by atoms with E-state index in [4.69, 9.17) is 5.73 Å². The van der Waals surface area contributed by atoms with E-state index < -0.39 is 11.4 Å². The first-order chi connectivity index (χ1) is 7.16. The lowest BCUT2D eigenvalue weighted by atomic mass is 10.1. The predicted octanol–water partition coefficient (Wildman–Crippen LogP) is 0.898. The molecule has 0 aliphatic heterocycles. The molecule has 0 spiro atoms. The third-order valence-electron chi connectivity index (χ3n) is 2.71. The molecule has 0 bridgehead atoms. The Morgan fingerprint density at radius 1 is 1.60 bits per heavy atom. The number of carbonyl (C=O) groups is 1. The molecule has 5 heteroatoms. The summed E-state index contributed by atoms with van der Waals surface area (Å²) in [6.45, 7) is 0.355. The summed E-state index contributed by atoms with van der Waals surface area (Å²) in [6, 6.07) is 2.68. The van der Waals surface area contributed by atoms with Gasteiger partial charge in [-0.2, -0.15) is 4.39 Å². The third kappa shape index (κ3) is 1.97. The first-order valence-electron chi connectivity index (χ1n) is 4.79. The Morgan fingerprint density at radius 2 is 2.33 bits per heavy atom. The second-order valence-electron chi connectivity index (χ2n) is 3.81. The van der Waals surface area contributed by atoms with Crippen LogP contribution in [-0.4, -0.2) is 17.4 Å². The Kier molecular flexibility index (Phi) is 2.40. The molecule has 1 aliphatic rings. The molecule has 1 aromatic rings. The number of nitrogens with zero attached hydrogens (tertiary/aromatic N) is 1. The van der Waals surface area contributed by atoms with Crippen LogP contribution in [0.25, 0.3) is 0 Å². The number of anilines is 1. The molecule has 0 aromatic carbocycles. The second kappa shape index (κ2) is 3.58. The number of aromatic nitrogens is 1. The molecular weight excluding hydrogens is 197 g/mol. The summed E-state index contributed by atoms with van der Waals surface area (Å²) in [6.07, 6.45) is 2.94. The molecule has 0 radical (unpaired) electrons. The number of carbonyl (C=O) groups excluding carboxylic acids is 1. The highest BCUT2D eigenvalue weighted by molar-refractivity contribution is 5.97. The summed E-state index contributed by atoms with van der Waals surface area (Å²) < 4.78 is 12.5. The van der Waals surface area contributed by atoms with Gasteiger partial charge in [0.15, 0.2) is 0 Å². The van der Waals surface area contributed by atoms with Crippen molar-refractivity contribution in [1.29, 1.82) is 0 Å². The lowest BCUT2D eigenvalue weighted by Gasteiger charge is -2.12. The van der Waals surface area contributed by atoms with Gasteiger partial charge >= 0.3 is 0 Å². The lowest BCUT2D eigenvalue weighted by molar-refractivity contribution is -0.120. The molecule has 3 N–H and O–H groups in total. The molecule has 1 saturated carbocycles. The van der Waals surface area contributed by atoms with E-state index in [-0.39, 0.29) is 5.91 Å². The first kappa shape index (κ1) is 10.0. The molecule has 0 saturated heterocycles. The van der Waals surface area contributed by atoms with Crippen LogP contribution in [0.4, 0.5) is 10.1 Å². The Balaban J connectivity index is 2.03. The van der Waals surface area contributed by atoms with E-state index in [9.17, 15) is 9.18 Å². The normalized spacial score (nSPS) is 17.2. The van der Waals surface area contributed by atoms with Gasteiger partial charge in [-0.3, -0.25) is 4.79 Å². The summed E-state index contributed by atoms with van der Waals surface area (Å²) in [4.78, 5) is 15.1. The van der Waals surface area contributed by atoms with Gasteiger partial charge in [-0.25, -0.2) is 4.98 Å². The molecule has 0 atom stereocenters. The standard InChI is InChI=1S/C10H12FN3O/c11-8-2-1-7(5-13-8)14-9(15)10(6-12)3-4-10/h1-2,5H,3-4,6,12H2,(H,14,15). The number of hydrogen-bond donors (Lipinski definition) is 2. The maximum absolute atomic E-state index is 12.5. The average molecular weight is 209 g/mol. The van der Waals surface area contributed by atoms with Crippen molar-refractivity contribution >= 4 is 11.6 Å². The lowest BCUT2D eigenvalue weighted by Crippen LogP contribution is -2.30. The zero-order valence-electron chi connectivity index (χ0n) is 8.16. The highest BCUT2D eigenvalue weighted by Crippen LogP contribution is 2.45. The summed E-state index contributed by atoms with van der Waals surface area (Å²) in [5.74, 6) is -0.661. The minimum atomic E-state index is -0.562. The van der Waals surface area contributed by atoms with E-state index in [1.54, 1.807) is 0 Å². The Morgan fingerprint density at radius 3 is 2.80 bits per heavy atom. The van der Waals surface area contributed by atoms with Crippen LogP contribution in [0.15, 0.2) is 18.3 Å². The summed E-state index contributed by atoms with van der Waals surface area (Å²) in [5.41, 5.74) is 5.62. The van der Waals surface area contributed by atoms with Crippen molar-refractivity contribution in [3.05, 3.63) is 24.3 Å². The number of hydrogen-bond acceptors (Lipinski definition) is 3. The van der Waals surface area contributed by atoms with Crippen LogP contribution < -0.4 is 11.1 Å². The van der Waals surface area contributed by atoms with E-state index in [0.29, 0.717) is 12.2 Å². The largest absolute Gasteiger partial charge is 0.329 e. The zero-order valence-corrected chi connectivity index (χ0v) is 8.16. The minimum Gasteiger partial charge on any atom is -0.329 e. The predicted molar refractivity (Wildman–Crippen MR) is 53.5 cm³/mol. The highest BCUT2D eigenvalue weighted by Gasteiger charge is 2.48.